The first-order valence-corrected chi connectivity index (χ1v) is 20.0. The Labute approximate surface area is 303 Å². The van der Waals surface area contributed by atoms with Crippen LogP contribution < -0.4 is 9.13 Å². The Morgan fingerprint density at radius 2 is 1.58 bits per heavy atom. The lowest BCUT2D eigenvalue weighted by molar-refractivity contribution is -0.751. The lowest BCUT2D eigenvalue weighted by Gasteiger charge is -2.47. The topological polar surface area (TPSA) is 7.76 Å². The number of hydrogen-bond acceptors (Lipinski definition) is 1. The van der Waals surface area contributed by atoms with E-state index in [4.69, 9.17) is 0 Å². The fraction of sp³-hybridized carbons (Fsp3) is 0.404. The zero-order valence-electron chi connectivity index (χ0n) is 31.5. The second-order valence-corrected chi connectivity index (χ2v) is 17.2. The zero-order chi connectivity index (χ0) is 35.0. The first kappa shape index (κ1) is 33.3. The zero-order valence-corrected chi connectivity index (χ0v) is 32.4. The van der Waals surface area contributed by atoms with Crippen LogP contribution in [0.5, 0.6) is 0 Å². The van der Waals surface area contributed by atoms with Gasteiger partial charge in [0.05, 0.1) is 16.4 Å². The minimum atomic E-state index is -0.0335. The van der Waals surface area contributed by atoms with E-state index in [-0.39, 0.29) is 16.4 Å². The largest absolute Gasteiger partial charge is 0.232 e. The number of rotatable bonds is 10. The van der Waals surface area contributed by atoms with Crippen LogP contribution in [0.1, 0.15) is 113 Å². The van der Waals surface area contributed by atoms with Gasteiger partial charge in [0.2, 0.25) is 11.2 Å². The minimum absolute atomic E-state index is 0.0138. The molecule has 1 aliphatic carbocycles. The van der Waals surface area contributed by atoms with Crippen molar-refractivity contribution in [2.24, 2.45) is 7.05 Å². The average molecular weight is 679 g/mol. The fourth-order valence-electron chi connectivity index (χ4n) is 10.3. The molecule has 0 bridgehead atoms. The second-order valence-electron chi connectivity index (χ2n) is 16.1. The van der Waals surface area contributed by atoms with E-state index in [0.717, 1.165) is 38.5 Å². The molecule has 3 aromatic heterocycles. The molecule has 0 amide bonds. The molecule has 2 nitrogen and oxygen atoms in total. The number of pyridine rings is 2. The first-order valence-electron chi connectivity index (χ1n) is 19.2. The quantitative estimate of drug-likeness (QED) is 0.127. The monoisotopic (exact) mass is 678 g/mol. The molecular weight excluding hydrogens is 625 g/mol. The first-order chi connectivity index (χ1) is 24.1. The highest BCUT2D eigenvalue weighted by Gasteiger charge is 2.58. The van der Waals surface area contributed by atoms with Crippen molar-refractivity contribution in [2.45, 2.75) is 116 Å². The van der Waals surface area contributed by atoms with E-state index in [1.807, 2.05) is 11.3 Å². The molecule has 2 aliphatic rings. The third kappa shape index (κ3) is 4.64. The number of benzene rings is 3. The predicted octanol–water partition coefficient (Wildman–Crippen LogP) is 11.6. The summed E-state index contributed by atoms with van der Waals surface area (Å²) in [7, 11) is 2.22. The molecule has 2 atom stereocenters. The van der Waals surface area contributed by atoms with Crippen LogP contribution in [0.3, 0.4) is 0 Å². The maximum absolute atomic E-state index is 2.74. The SMILES string of the molecule is CCCCc1cccc(-c2ccc3c4c2sc2cc(C)c[n+](c24)C(C)(CC)C3(CC)CCCc2cccc3c2-c2c(ccc[n+]2C)C3(C)C)c1. The summed E-state index contributed by atoms with van der Waals surface area (Å²) in [4.78, 5) is 0. The second kappa shape index (κ2) is 12.2. The van der Waals surface area contributed by atoms with Crippen molar-refractivity contribution in [2.75, 3.05) is 0 Å². The van der Waals surface area contributed by atoms with Gasteiger partial charge in [-0.2, -0.15) is 4.57 Å². The molecular formula is C47H54N2S+2. The summed E-state index contributed by atoms with van der Waals surface area (Å²) in [5, 5.41) is 1.51. The summed E-state index contributed by atoms with van der Waals surface area (Å²) in [5.41, 5.74) is 15.9. The van der Waals surface area contributed by atoms with E-state index in [1.165, 1.54) is 83.3 Å². The molecule has 0 spiro atoms. The van der Waals surface area contributed by atoms with E-state index in [1.54, 1.807) is 5.56 Å². The summed E-state index contributed by atoms with van der Waals surface area (Å²) in [6.07, 6.45) is 13.9. The third-order valence-corrected chi connectivity index (χ3v) is 14.3. The highest BCUT2D eigenvalue weighted by atomic mass is 32.1. The molecule has 1 aliphatic heterocycles. The molecule has 3 heteroatoms. The van der Waals surface area contributed by atoms with Gasteiger partial charge in [-0.3, -0.25) is 0 Å². The van der Waals surface area contributed by atoms with Crippen LogP contribution in [0.15, 0.2) is 85.2 Å². The van der Waals surface area contributed by atoms with Crippen LogP contribution >= 0.6 is 11.3 Å². The molecule has 2 unspecified atom stereocenters. The van der Waals surface area contributed by atoms with Gasteiger partial charge in [0.15, 0.2) is 17.9 Å². The molecule has 6 aromatic rings. The Morgan fingerprint density at radius 3 is 2.36 bits per heavy atom. The van der Waals surface area contributed by atoms with E-state index >= 15 is 0 Å². The van der Waals surface area contributed by atoms with Gasteiger partial charge in [-0.05, 0) is 91.0 Å². The summed E-state index contributed by atoms with van der Waals surface area (Å²) in [6.45, 7) is 16.9. The molecule has 4 heterocycles. The molecule has 0 saturated carbocycles. The minimum Gasteiger partial charge on any atom is -0.201 e. The van der Waals surface area contributed by atoms with Crippen molar-refractivity contribution in [3.05, 3.63) is 119 Å². The van der Waals surface area contributed by atoms with E-state index in [2.05, 4.69) is 150 Å². The van der Waals surface area contributed by atoms with Crippen LogP contribution in [0, 0.1) is 6.92 Å². The Bertz CT molecular complexity index is 2290. The Hall–Kier alpha value is -3.82. The van der Waals surface area contributed by atoms with Crippen LogP contribution in [-0.2, 0) is 36.3 Å². The van der Waals surface area contributed by atoms with Crippen LogP contribution in [-0.4, -0.2) is 0 Å². The molecule has 0 fully saturated rings. The van der Waals surface area contributed by atoms with E-state index < -0.39 is 0 Å². The van der Waals surface area contributed by atoms with Crippen molar-refractivity contribution in [1.29, 1.82) is 0 Å². The van der Waals surface area contributed by atoms with E-state index in [9.17, 15) is 0 Å². The Kier molecular flexibility index (Phi) is 8.10. The molecule has 0 radical (unpaired) electrons. The molecule has 3 aromatic carbocycles. The number of aryl methyl sites for hydroxylation is 4. The van der Waals surface area contributed by atoms with E-state index in [0.29, 0.717) is 0 Å². The molecule has 256 valence electrons. The smallest absolute Gasteiger partial charge is 0.201 e. The maximum Gasteiger partial charge on any atom is 0.232 e. The van der Waals surface area contributed by atoms with Gasteiger partial charge in [0.1, 0.15) is 11.7 Å². The van der Waals surface area contributed by atoms with Crippen molar-refractivity contribution >= 4 is 31.6 Å². The highest BCUT2D eigenvalue weighted by Crippen LogP contribution is 2.56. The molecule has 8 rings (SSSR count). The fourth-order valence-corrected chi connectivity index (χ4v) is 11.7. The van der Waals surface area contributed by atoms with Crippen LogP contribution in [0.2, 0.25) is 0 Å². The highest BCUT2D eigenvalue weighted by molar-refractivity contribution is 7.26. The lowest BCUT2D eigenvalue weighted by Crippen LogP contribution is -2.67. The van der Waals surface area contributed by atoms with Crippen LogP contribution in [0.4, 0.5) is 0 Å². The average Bonchev–Trinajstić information content (AvgIpc) is 3.61. The Morgan fingerprint density at radius 1 is 0.780 bits per heavy atom. The number of aromatic nitrogens is 2. The molecule has 0 N–H and O–H groups in total. The number of fused-ring (bicyclic) bond motifs is 3. The maximum atomic E-state index is 2.74. The number of hydrogen-bond donors (Lipinski definition) is 0. The summed E-state index contributed by atoms with van der Waals surface area (Å²) < 4.78 is 7.99. The third-order valence-electron chi connectivity index (χ3n) is 13.2. The van der Waals surface area contributed by atoms with Gasteiger partial charge in [-0.15, -0.1) is 11.3 Å². The summed E-state index contributed by atoms with van der Waals surface area (Å²) >= 11 is 2.02. The predicted molar refractivity (Wildman–Crippen MR) is 212 cm³/mol. The normalized spacial score (nSPS) is 20.2. The summed E-state index contributed by atoms with van der Waals surface area (Å²) in [6, 6.07) is 28.5. The van der Waals surface area contributed by atoms with Gasteiger partial charge in [0, 0.05) is 40.7 Å². The van der Waals surface area contributed by atoms with Gasteiger partial charge >= 0.3 is 0 Å². The lowest BCUT2D eigenvalue weighted by atomic mass is 9.58. The van der Waals surface area contributed by atoms with Crippen LogP contribution in [0.25, 0.3) is 42.7 Å². The van der Waals surface area contributed by atoms with Crippen molar-refractivity contribution in [1.82, 2.24) is 0 Å². The van der Waals surface area contributed by atoms with Crippen molar-refractivity contribution < 1.29 is 9.13 Å². The number of nitrogens with zero attached hydrogens (tertiary/aromatic N) is 2. The van der Waals surface area contributed by atoms with Gasteiger partial charge < -0.3 is 0 Å². The number of thiophene rings is 1. The molecule has 0 saturated heterocycles. The van der Waals surface area contributed by atoms with Gasteiger partial charge in [-0.1, -0.05) is 95.6 Å². The van der Waals surface area contributed by atoms with Gasteiger partial charge in [0.25, 0.3) is 0 Å². The van der Waals surface area contributed by atoms with Gasteiger partial charge in [-0.25, -0.2) is 4.57 Å². The Balaban J connectivity index is 1.26. The van der Waals surface area contributed by atoms with Crippen molar-refractivity contribution in [3.63, 3.8) is 0 Å². The standard InChI is InChI=1S/C47H54N2S/c1-9-12-17-32-18-13-20-34(29-32)35-24-25-37-41-43-39(50-44(35)41)28-31(4)30-49(43)46(7,10-2)47(37,11-3)26-15-21-33-19-14-22-36-40(33)42-38(45(36,5)6)23-16-27-48(42)8/h13-14,16,18-20,22-25,27-30H,9-12,15,17,21,26H2,1-8H3/q+2. The number of unbranched alkanes of at least 4 members (excludes halogenated alkanes) is 1. The molecule has 50 heavy (non-hydrogen) atoms. The van der Waals surface area contributed by atoms with Crippen molar-refractivity contribution in [3.8, 4) is 22.4 Å². The summed E-state index contributed by atoms with van der Waals surface area (Å²) in [5.74, 6) is 0.